The minimum atomic E-state index is -0.0273. The standard InChI is InChI=1S/C11H11N3O/c15-9-4-11(14-8-1-5-13-14)10-2-6-12-7-3-10/h1-3,5-9,11H,4H2. The molecule has 1 atom stereocenters. The van der Waals surface area contributed by atoms with Crippen molar-refractivity contribution in [2.24, 2.45) is 0 Å². The number of carbonyl (C=O) groups excluding carboxylic acids is 1. The summed E-state index contributed by atoms with van der Waals surface area (Å²) in [4.78, 5) is 14.6. The Morgan fingerprint density at radius 1 is 1.33 bits per heavy atom. The number of hydrogen-bond donors (Lipinski definition) is 0. The lowest BCUT2D eigenvalue weighted by atomic mass is 10.1. The summed E-state index contributed by atoms with van der Waals surface area (Å²) in [7, 11) is 0. The molecule has 0 aliphatic heterocycles. The molecule has 0 fully saturated rings. The van der Waals surface area contributed by atoms with E-state index in [-0.39, 0.29) is 6.04 Å². The van der Waals surface area contributed by atoms with E-state index in [4.69, 9.17) is 0 Å². The van der Waals surface area contributed by atoms with E-state index in [1.165, 1.54) is 0 Å². The molecule has 0 N–H and O–H groups in total. The molecule has 4 nitrogen and oxygen atoms in total. The van der Waals surface area contributed by atoms with Crippen molar-refractivity contribution in [3.63, 3.8) is 0 Å². The Morgan fingerprint density at radius 2 is 2.13 bits per heavy atom. The summed E-state index contributed by atoms with van der Waals surface area (Å²) in [5.74, 6) is 0. The van der Waals surface area contributed by atoms with Crippen LogP contribution in [0, 0.1) is 0 Å². The van der Waals surface area contributed by atoms with Crippen molar-refractivity contribution in [2.75, 3.05) is 0 Å². The van der Waals surface area contributed by atoms with Crippen LogP contribution in [0.3, 0.4) is 0 Å². The topological polar surface area (TPSA) is 47.8 Å². The monoisotopic (exact) mass is 201 g/mol. The zero-order valence-corrected chi connectivity index (χ0v) is 8.15. The Kier molecular flexibility index (Phi) is 2.88. The van der Waals surface area contributed by atoms with Crippen LogP contribution < -0.4 is 0 Å². The molecule has 76 valence electrons. The van der Waals surface area contributed by atoms with Crippen molar-refractivity contribution in [2.45, 2.75) is 12.5 Å². The summed E-state index contributed by atoms with van der Waals surface area (Å²) in [5.41, 5.74) is 1.04. The normalized spacial score (nSPS) is 12.3. The molecule has 15 heavy (non-hydrogen) atoms. The number of aldehydes is 1. The van der Waals surface area contributed by atoms with Crippen molar-refractivity contribution in [3.8, 4) is 0 Å². The van der Waals surface area contributed by atoms with Gasteiger partial charge in [-0.1, -0.05) is 0 Å². The molecule has 4 heteroatoms. The van der Waals surface area contributed by atoms with E-state index < -0.39 is 0 Å². The predicted molar refractivity (Wildman–Crippen MR) is 55.3 cm³/mol. The van der Waals surface area contributed by atoms with Gasteiger partial charge in [0.05, 0.1) is 6.04 Å². The van der Waals surface area contributed by atoms with E-state index in [1.807, 2.05) is 24.4 Å². The van der Waals surface area contributed by atoms with E-state index in [1.54, 1.807) is 23.3 Å². The second-order valence-electron chi connectivity index (χ2n) is 3.18. The summed E-state index contributed by atoms with van der Waals surface area (Å²) in [6.07, 6.45) is 8.33. The maximum absolute atomic E-state index is 10.6. The number of aromatic nitrogens is 3. The fourth-order valence-electron chi connectivity index (χ4n) is 1.54. The summed E-state index contributed by atoms with van der Waals surface area (Å²) in [6, 6.07) is 5.62. The van der Waals surface area contributed by atoms with Crippen molar-refractivity contribution in [1.82, 2.24) is 14.8 Å². The van der Waals surface area contributed by atoms with Gasteiger partial charge in [0.2, 0.25) is 0 Å². The first-order valence-electron chi connectivity index (χ1n) is 4.74. The van der Waals surface area contributed by atoms with E-state index >= 15 is 0 Å². The Morgan fingerprint density at radius 3 is 2.73 bits per heavy atom. The Labute approximate surface area is 87.6 Å². The summed E-state index contributed by atoms with van der Waals surface area (Å²) >= 11 is 0. The Hall–Kier alpha value is -1.97. The third-order valence-corrected chi connectivity index (χ3v) is 2.25. The number of carbonyl (C=O) groups is 1. The molecule has 2 aromatic rings. The van der Waals surface area contributed by atoms with Gasteiger partial charge in [-0.05, 0) is 23.8 Å². The van der Waals surface area contributed by atoms with Crippen molar-refractivity contribution in [3.05, 3.63) is 48.5 Å². The van der Waals surface area contributed by atoms with E-state index in [0.29, 0.717) is 6.42 Å². The maximum atomic E-state index is 10.6. The van der Waals surface area contributed by atoms with Crippen LogP contribution in [0.2, 0.25) is 0 Å². The molecule has 0 radical (unpaired) electrons. The van der Waals surface area contributed by atoms with E-state index in [0.717, 1.165) is 11.8 Å². The molecule has 0 spiro atoms. The fourth-order valence-corrected chi connectivity index (χ4v) is 1.54. The number of pyridine rings is 1. The van der Waals surface area contributed by atoms with Gasteiger partial charge in [-0.25, -0.2) is 0 Å². The van der Waals surface area contributed by atoms with Gasteiger partial charge < -0.3 is 4.79 Å². The van der Waals surface area contributed by atoms with Gasteiger partial charge >= 0.3 is 0 Å². The predicted octanol–water partition coefficient (Wildman–Crippen LogP) is 1.46. The molecule has 0 aromatic carbocycles. The highest BCUT2D eigenvalue weighted by Gasteiger charge is 2.12. The first-order valence-corrected chi connectivity index (χ1v) is 4.74. The lowest BCUT2D eigenvalue weighted by Crippen LogP contribution is -2.11. The fraction of sp³-hybridized carbons (Fsp3) is 0.182. The number of hydrogen-bond acceptors (Lipinski definition) is 3. The van der Waals surface area contributed by atoms with Crippen LogP contribution in [0.1, 0.15) is 18.0 Å². The lowest BCUT2D eigenvalue weighted by molar-refractivity contribution is -0.108. The van der Waals surface area contributed by atoms with Crippen LogP contribution in [-0.2, 0) is 4.79 Å². The van der Waals surface area contributed by atoms with Crippen LogP contribution in [0.15, 0.2) is 43.0 Å². The Balaban J connectivity index is 2.32. The molecule has 0 saturated heterocycles. The summed E-state index contributed by atoms with van der Waals surface area (Å²) in [6.45, 7) is 0. The Bertz CT molecular complexity index is 411. The average Bonchev–Trinajstić information content (AvgIpc) is 2.80. The van der Waals surface area contributed by atoms with E-state index in [9.17, 15) is 4.79 Å². The minimum Gasteiger partial charge on any atom is -0.303 e. The van der Waals surface area contributed by atoms with Crippen LogP contribution in [-0.4, -0.2) is 21.1 Å². The molecular weight excluding hydrogens is 190 g/mol. The third-order valence-electron chi connectivity index (χ3n) is 2.25. The molecule has 0 saturated carbocycles. The molecule has 0 aliphatic carbocycles. The van der Waals surface area contributed by atoms with Crippen LogP contribution >= 0.6 is 0 Å². The van der Waals surface area contributed by atoms with Crippen molar-refractivity contribution < 1.29 is 4.79 Å². The zero-order valence-electron chi connectivity index (χ0n) is 8.15. The molecule has 0 bridgehead atoms. The first-order chi connectivity index (χ1) is 7.42. The molecular formula is C11H11N3O. The second-order valence-corrected chi connectivity index (χ2v) is 3.18. The zero-order chi connectivity index (χ0) is 10.5. The maximum Gasteiger partial charge on any atom is 0.122 e. The summed E-state index contributed by atoms with van der Waals surface area (Å²) in [5, 5.41) is 4.15. The first kappa shape index (κ1) is 9.58. The molecule has 0 aliphatic rings. The van der Waals surface area contributed by atoms with Gasteiger partial charge in [0.25, 0.3) is 0 Å². The van der Waals surface area contributed by atoms with Gasteiger partial charge in [-0.15, -0.1) is 0 Å². The van der Waals surface area contributed by atoms with Gasteiger partial charge in [0.1, 0.15) is 6.29 Å². The average molecular weight is 201 g/mol. The quantitative estimate of drug-likeness (QED) is 0.703. The molecule has 1 unspecified atom stereocenters. The highest BCUT2D eigenvalue weighted by atomic mass is 16.1. The molecule has 0 amide bonds. The van der Waals surface area contributed by atoms with E-state index in [2.05, 4.69) is 10.1 Å². The van der Waals surface area contributed by atoms with Gasteiger partial charge in [0.15, 0.2) is 0 Å². The van der Waals surface area contributed by atoms with Crippen molar-refractivity contribution >= 4 is 6.29 Å². The lowest BCUT2D eigenvalue weighted by Gasteiger charge is -2.14. The number of nitrogens with zero attached hydrogens (tertiary/aromatic N) is 3. The van der Waals surface area contributed by atoms with Gasteiger partial charge in [0, 0.05) is 31.2 Å². The van der Waals surface area contributed by atoms with Gasteiger partial charge in [-0.3, -0.25) is 9.67 Å². The van der Waals surface area contributed by atoms with Crippen LogP contribution in [0.25, 0.3) is 0 Å². The highest BCUT2D eigenvalue weighted by Crippen LogP contribution is 2.18. The SMILES string of the molecule is O=CCC(c1ccncc1)n1cccn1. The number of rotatable bonds is 4. The van der Waals surface area contributed by atoms with Crippen LogP contribution in [0.5, 0.6) is 0 Å². The smallest absolute Gasteiger partial charge is 0.122 e. The highest BCUT2D eigenvalue weighted by molar-refractivity contribution is 5.51. The third kappa shape index (κ3) is 2.10. The molecule has 2 heterocycles. The van der Waals surface area contributed by atoms with Crippen LogP contribution in [0.4, 0.5) is 0 Å². The minimum absolute atomic E-state index is 0.0273. The molecule has 2 rings (SSSR count). The van der Waals surface area contributed by atoms with Gasteiger partial charge in [-0.2, -0.15) is 5.10 Å². The molecule has 2 aromatic heterocycles. The largest absolute Gasteiger partial charge is 0.303 e. The second kappa shape index (κ2) is 4.50. The van der Waals surface area contributed by atoms with Crippen molar-refractivity contribution in [1.29, 1.82) is 0 Å². The summed E-state index contributed by atoms with van der Waals surface area (Å²) < 4.78 is 1.78.